The molecule has 0 bridgehead atoms. The first kappa shape index (κ1) is 12.7. The summed E-state index contributed by atoms with van der Waals surface area (Å²) >= 11 is 5.76. The molecule has 16 heavy (non-hydrogen) atoms. The quantitative estimate of drug-likeness (QED) is 0.484. The third kappa shape index (κ3) is 2.84. The van der Waals surface area contributed by atoms with Crippen LogP contribution >= 0.6 is 11.6 Å². The van der Waals surface area contributed by atoms with Crippen LogP contribution in [0.15, 0.2) is 18.2 Å². The summed E-state index contributed by atoms with van der Waals surface area (Å²) in [6.07, 6.45) is 0. The molecule has 6 heteroatoms. The van der Waals surface area contributed by atoms with E-state index in [1.807, 2.05) is 5.43 Å². The molecule has 1 aromatic rings. The number of hydrazine groups is 1. The maximum absolute atomic E-state index is 12.8. The first-order valence-electron chi connectivity index (χ1n) is 4.52. The molecular formula is C10H12ClFN2O2. The van der Waals surface area contributed by atoms with Gasteiger partial charge < -0.3 is 4.74 Å². The number of benzene rings is 1. The van der Waals surface area contributed by atoms with E-state index in [1.165, 1.54) is 26.0 Å². The fraction of sp³-hybridized carbons (Fsp3) is 0.300. The highest BCUT2D eigenvalue weighted by molar-refractivity contribution is 6.32. The zero-order valence-electron chi connectivity index (χ0n) is 8.88. The van der Waals surface area contributed by atoms with Gasteiger partial charge in [0.15, 0.2) is 5.60 Å². The van der Waals surface area contributed by atoms with Crippen LogP contribution < -0.4 is 16.0 Å². The fourth-order valence-electron chi connectivity index (χ4n) is 1.05. The van der Waals surface area contributed by atoms with E-state index in [0.29, 0.717) is 0 Å². The molecule has 0 aliphatic rings. The highest BCUT2D eigenvalue weighted by atomic mass is 35.5. The highest BCUT2D eigenvalue weighted by Gasteiger charge is 2.29. The Kier molecular flexibility index (Phi) is 3.72. The summed E-state index contributed by atoms with van der Waals surface area (Å²) in [7, 11) is 0. The lowest BCUT2D eigenvalue weighted by Gasteiger charge is -2.24. The van der Waals surface area contributed by atoms with Gasteiger partial charge >= 0.3 is 0 Å². The van der Waals surface area contributed by atoms with Gasteiger partial charge in [-0.2, -0.15) is 0 Å². The van der Waals surface area contributed by atoms with Crippen LogP contribution in [-0.2, 0) is 4.79 Å². The summed E-state index contributed by atoms with van der Waals surface area (Å²) in [5, 5.41) is 0.0953. The van der Waals surface area contributed by atoms with E-state index in [0.717, 1.165) is 6.07 Å². The second-order valence-corrected chi connectivity index (χ2v) is 4.07. The van der Waals surface area contributed by atoms with Crippen molar-refractivity contribution >= 4 is 17.5 Å². The second kappa shape index (κ2) is 4.67. The molecule has 0 saturated carbocycles. The SMILES string of the molecule is CC(C)(Oc1ccc(F)cc1Cl)C(=O)NN. The predicted octanol–water partition coefficient (Wildman–Crippen LogP) is 1.63. The molecule has 1 rings (SSSR count). The zero-order valence-corrected chi connectivity index (χ0v) is 9.64. The van der Waals surface area contributed by atoms with Gasteiger partial charge in [0.25, 0.3) is 5.91 Å². The van der Waals surface area contributed by atoms with E-state index in [2.05, 4.69) is 0 Å². The highest BCUT2D eigenvalue weighted by Crippen LogP contribution is 2.28. The number of carbonyl (C=O) groups excluding carboxylic acids is 1. The summed E-state index contributed by atoms with van der Waals surface area (Å²) in [6, 6.07) is 3.65. The van der Waals surface area contributed by atoms with Gasteiger partial charge in [0, 0.05) is 0 Å². The molecule has 1 amide bonds. The van der Waals surface area contributed by atoms with Crippen molar-refractivity contribution in [3.05, 3.63) is 29.0 Å². The molecule has 1 aromatic carbocycles. The molecule has 0 heterocycles. The average Bonchev–Trinajstić information content (AvgIpc) is 2.21. The van der Waals surface area contributed by atoms with E-state index in [4.69, 9.17) is 22.2 Å². The van der Waals surface area contributed by atoms with Crippen molar-refractivity contribution in [2.45, 2.75) is 19.4 Å². The van der Waals surface area contributed by atoms with Gasteiger partial charge in [-0.1, -0.05) is 11.6 Å². The molecule has 0 atom stereocenters. The van der Waals surface area contributed by atoms with Gasteiger partial charge in [-0.3, -0.25) is 10.2 Å². The number of halogens is 2. The summed E-state index contributed by atoms with van der Waals surface area (Å²) in [5.74, 6) is 4.24. The summed E-state index contributed by atoms with van der Waals surface area (Å²) in [4.78, 5) is 11.3. The molecule has 0 aromatic heterocycles. The summed E-state index contributed by atoms with van der Waals surface area (Å²) in [5.41, 5.74) is 0.791. The molecule has 88 valence electrons. The first-order valence-corrected chi connectivity index (χ1v) is 4.90. The minimum absolute atomic E-state index is 0.0953. The van der Waals surface area contributed by atoms with E-state index < -0.39 is 17.3 Å². The van der Waals surface area contributed by atoms with E-state index in [-0.39, 0.29) is 10.8 Å². The van der Waals surface area contributed by atoms with Crippen LogP contribution in [0.5, 0.6) is 5.75 Å². The van der Waals surface area contributed by atoms with Gasteiger partial charge in [0.1, 0.15) is 11.6 Å². The number of ether oxygens (including phenoxy) is 1. The van der Waals surface area contributed by atoms with Crippen molar-refractivity contribution in [3.8, 4) is 5.75 Å². The van der Waals surface area contributed by atoms with Crippen LogP contribution in [0.2, 0.25) is 5.02 Å². The van der Waals surface area contributed by atoms with Crippen molar-refractivity contribution in [2.24, 2.45) is 5.84 Å². The minimum Gasteiger partial charge on any atom is -0.476 e. The van der Waals surface area contributed by atoms with Crippen LogP contribution in [0.3, 0.4) is 0 Å². The number of rotatable bonds is 3. The Hall–Kier alpha value is -1.33. The Morgan fingerprint density at radius 1 is 1.56 bits per heavy atom. The van der Waals surface area contributed by atoms with E-state index in [9.17, 15) is 9.18 Å². The smallest absolute Gasteiger partial charge is 0.277 e. The maximum Gasteiger partial charge on any atom is 0.277 e. The van der Waals surface area contributed by atoms with Crippen molar-refractivity contribution in [1.29, 1.82) is 0 Å². The molecule has 0 aliphatic heterocycles. The summed E-state index contributed by atoms with van der Waals surface area (Å²) in [6.45, 7) is 3.05. The topological polar surface area (TPSA) is 64.3 Å². The molecule has 0 unspecified atom stereocenters. The van der Waals surface area contributed by atoms with Crippen LogP contribution in [-0.4, -0.2) is 11.5 Å². The van der Waals surface area contributed by atoms with Crippen LogP contribution in [0.25, 0.3) is 0 Å². The third-order valence-corrected chi connectivity index (χ3v) is 2.23. The lowest BCUT2D eigenvalue weighted by atomic mass is 10.1. The number of amides is 1. The maximum atomic E-state index is 12.8. The molecule has 0 radical (unpaired) electrons. The number of hydrogen-bond donors (Lipinski definition) is 2. The Morgan fingerprint density at radius 3 is 2.69 bits per heavy atom. The van der Waals surface area contributed by atoms with Crippen molar-refractivity contribution in [3.63, 3.8) is 0 Å². The van der Waals surface area contributed by atoms with E-state index in [1.54, 1.807) is 0 Å². The summed E-state index contributed by atoms with van der Waals surface area (Å²) < 4.78 is 18.1. The molecule has 0 aliphatic carbocycles. The van der Waals surface area contributed by atoms with Crippen molar-refractivity contribution in [2.75, 3.05) is 0 Å². The van der Waals surface area contributed by atoms with Gasteiger partial charge in [0.2, 0.25) is 0 Å². The monoisotopic (exact) mass is 246 g/mol. The van der Waals surface area contributed by atoms with Crippen LogP contribution in [0, 0.1) is 5.82 Å². The number of carbonyl (C=O) groups is 1. The van der Waals surface area contributed by atoms with Crippen LogP contribution in [0.1, 0.15) is 13.8 Å². The third-order valence-electron chi connectivity index (χ3n) is 1.94. The van der Waals surface area contributed by atoms with E-state index >= 15 is 0 Å². The Labute approximate surface area is 97.5 Å². The lowest BCUT2D eigenvalue weighted by Crippen LogP contribution is -2.49. The standard InChI is InChI=1S/C10H12ClFN2O2/c1-10(2,9(15)14-13)16-8-4-3-6(12)5-7(8)11/h3-5H,13H2,1-2H3,(H,14,15). The lowest BCUT2D eigenvalue weighted by molar-refractivity contribution is -0.134. The zero-order chi connectivity index (χ0) is 12.3. The largest absolute Gasteiger partial charge is 0.476 e. The Balaban J connectivity index is 2.92. The first-order chi connectivity index (χ1) is 7.36. The Morgan fingerprint density at radius 2 is 2.19 bits per heavy atom. The molecular weight excluding hydrogens is 235 g/mol. The van der Waals surface area contributed by atoms with Crippen LogP contribution in [0.4, 0.5) is 4.39 Å². The van der Waals surface area contributed by atoms with Crippen molar-refractivity contribution < 1.29 is 13.9 Å². The fourth-order valence-corrected chi connectivity index (χ4v) is 1.26. The Bertz CT molecular complexity index is 410. The van der Waals surface area contributed by atoms with Gasteiger partial charge in [0.05, 0.1) is 5.02 Å². The van der Waals surface area contributed by atoms with Crippen molar-refractivity contribution in [1.82, 2.24) is 5.43 Å². The van der Waals surface area contributed by atoms with Gasteiger partial charge in [-0.05, 0) is 32.0 Å². The molecule has 0 fully saturated rings. The molecule has 0 saturated heterocycles. The predicted molar refractivity (Wildman–Crippen MR) is 58.4 cm³/mol. The normalized spacial score (nSPS) is 11.1. The van der Waals surface area contributed by atoms with Gasteiger partial charge in [-0.15, -0.1) is 0 Å². The second-order valence-electron chi connectivity index (χ2n) is 3.66. The molecule has 3 N–H and O–H groups in total. The average molecular weight is 247 g/mol. The molecule has 0 spiro atoms. The van der Waals surface area contributed by atoms with Gasteiger partial charge in [-0.25, -0.2) is 10.2 Å². The molecule has 4 nitrogen and oxygen atoms in total. The number of hydrogen-bond acceptors (Lipinski definition) is 3. The number of nitrogens with two attached hydrogens (primary N) is 1. The minimum atomic E-state index is -1.18. The number of nitrogens with one attached hydrogen (secondary N) is 1.